The van der Waals surface area contributed by atoms with Crippen LogP contribution in [0.15, 0.2) is 46.8 Å². The Morgan fingerprint density at radius 3 is 2.83 bits per heavy atom. The van der Waals surface area contributed by atoms with E-state index in [2.05, 4.69) is 15.2 Å². The predicted octanol–water partition coefficient (Wildman–Crippen LogP) is 2.98. The topological polar surface area (TPSA) is 91.2 Å². The molecule has 0 aliphatic rings. The lowest BCUT2D eigenvalue weighted by Gasteiger charge is -2.07. The van der Waals surface area contributed by atoms with E-state index in [9.17, 15) is 10.1 Å². The molecule has 0 aliphatic heterocycles. The van der Waals surface area contributed by atoms with Gasteiger partial charge in [0.1, 0.15) is 0 Å². The minimum Gasteiger partial charge on any atom is -0.358 e. The van der Waals surface area contributed by atoms with Gasteiger partial charge in [0.15, 0.2) is 10.7 Å². The molecular weight excluding hydrogens is 328 g/mol. The molecule has 0 aliphatic carbocycles. The standard InChI is InChI=1S/C15H12N6O2S/c1-9-7-12-17-18-15(20(12)11-6-4-3-5-10(9)11)24-14-13(21(22)23)16-8-19(14)2/h3-8H,1-2H3. The van der Waals surface area contributed by atoms with Crippen LogP contribution in [-0.2, 0) is 7.05 Å². The van der Waals surface area contributed by atoms with Gasteiger partial charge in [0.2, 0.25) is 11.5 Å². The zero-order chi connectivity index (χ0) is 16.8. The summed E-state index contributed by atoms with van der Waals surface area (Å²) in [5.74, 6) is -0.185. The Hall–Kier alpha value is -2.94. The van der Waals surface area contributed by atoms with E-state index in [1.165, 1.54) is 18.1 Å². The predicted molar refractivity (Wildman–Crippen MR) is 89.2 cm³/mol. The summed E-state index contributed by atoms with van der Waals surface area (Å²) >= 11 is 1.18. The first kappa shape index (κ1) is 14.6. The zero-order valence-corrected chi connectivity index (χ0v) is 13.7. The number of aromatic nitrogens is 5. The fourth-order valence-corrected chi connectivity index (χ4v) is 3.62. The molecule has 0 bridgehead atoms. The highest BCUT2D eigenvalue weighted by molar-refractivity contribution is 7.99. The third-order valence-corrected chi connectivity index (χ3v) is 4.91. The molecule has 3 heterocycles. The number of nitrogens with zero attached hydrogens (tertiary/aromatic N) is 6. The van der Waals surface area contributed by atoms with Crippen molar-refractivity contribution in [3.05, 3.63) is 52.3 Å². The minimum atomic E-state index is -0.492. The molecule has 24 heavy (non-hydrogen) atoms. The second kappa shape index (κ2) is 5.31. The second-order valence-corrected chi connectivity index (χ2v) is 6.32. The summed E-state index contributed by atoms with van der Waals surface area (Å²) in [4.78, 5) is 14.5. The van der Waals surface area contributed by atoms with Crippen LogP contribution in [0.1, 0.15) is 5.56 Å². The molecule has 0 saturated carbocycles. The lowest BCUT2D eigenvalue weighted by Crippen LogP contribution is -1.96. The van der Waals surface area contributed by atoms with Gasteiger partial charge in [-0.2, -0.15) is 0 Å². The first-order valence-corrected chi connectivity index (χ1v) is 7.95. The number of imidazole rings is 1. The van der Waals surface area contributed by atoms with Crippen molar-refractivity contribution in [2.75, 3.05) is 0 Å². The third-order valence-electron chi connectivity index (χ3n) is 3.80. The van der Waals surface area contributed by atoms with Crippen molar-refractivity contribution in [2.24, 2.45) is 7.05 Å². The molecule has 0 amide bonds. The molecule has 4 aromatic rings. The molecule has 0 saturated heterocycles. The molecule has 120 valence electrons. The Kier molecular flexibility index (Phi) is 3.24. The van der Waals surface area contributed by atoms with Crippen molar-refractivity contribution in [2.45, 2.75) is 17.1 Å². The summed E-state index contributed by atoms with van der Waals surface area (Å²) in [5, 5.41) is 21.6. The van der Waals surface area contributed by atoms with Gasteiger partial charge in [0, 0.05) is 12.4 Å². The number of fused-ring (bicyclic) bond motifs is 3. The monoisotopic (exact) mass is 340 g/mol. The van der Waals surface area contributed by atoms with Crippen molar-refractivity contribution in [1.29, 1.82) is 0 Å². The van der Waals surface area contributed by atoms with E-state index in [0.29, 0.717) is 15.8 Å². The van der Waals surface area contributed by atoms with E-state index in [-0.39, 0.29) is 5.82 Å². The van der Waals surface area contributed by atoms with E-state index in [0.717, 1.165) is 16.5 Å². The maximum atomic E-state index is 11.2. The fourth-order valence-electron chi connectivity index (χ4n) is 2.68. The highest BCUT2D eigenvalue weighted by Crippen LogP contribution is 2.34. The van der Waals surface area contributed by atoms with Gasteiger partial charge in [-0.05, 0) is 46.3 Å². The number of benzene rings is 1. The summed E-state index contributed by atoms with van der Waals surface area (Å²) in [6, 6.07) is 9.90. The van der Waals surface area contributed by atoms with Crippen LogP contribution in [0.5, 0.6) is 0 Å². The Morgan fingerprint density at radius 2 is 2.04 bits per heavy atom. The molecule has 0 atom stereocenters. The summed E-state index contributed by atoms with van der Waals surface area (Å²) in [5.41, 5.74) is 2.77. The molecule has 0 spiro atoms. The van der Waals surface area contributed by atoms with Crippen LogP contribution < -0.4 is 0 Å². The van der Waals surface area contributed by atoms with E-state index >= 15 is 0 Å². The average Bonchev–Trinajstić information content (AvgIpc) is 3.13. The van der Waals surface area contributed by atoms with Crippen molar-refractivity contribution in [1.82, 2.24) is 24.1 Å². The van der Waals surface area contributed by atoms with Gasteiger partial charge in [-0.3, -0.25) is 4.40 Å². The van der Waals surface area contributed by atoms with Gasteiger partial charge in [-0.25, -0.2) is 0 Å². The van der Waals surface area contributed by atoms with Crippen LogP contribution in [0.3, 0.4) is 0 Å². The van der Waals surface area contributed by atoms with Crippen molar-refractivity contribution in [3.63, 3.8) is 0 Å². The summed E-state index contributed by atoms with van der Waals surface area (Å²) in [6.45, 7) is 2.02. The Labute approximate surface area is 140 Å². The van der Waals surface area contributed by atoms with E-state index < -0.39 is 4.92 Å². The molecule has 0 radical (unpaired) electrons. The van der Waals surface area contributed by atoms with Gasteiger partial charge in [-0.1, -0.05) is 18.2 Å². The maximum Gasteiger partial charge on any atom is 0.396 e. The number of nitro groups is 1. The summed E-state index contributed by atoms with van der Waals surface area (Å²) in [6.07, 6.45) is 1.42. The molecule has 3 aromatic heterocycles. The number of para-hydroxylation sites is 1. The SMILES string of the molecule is Cc1cc2nnc(Sc3c([N+](=O)[O-])ncn3C)n2c2ccccc12. The highest BCUT2D eigenvalue weighted by Gasteiger charge is 2.23. The minimum absolute atomic E-state index is 0.185. The Morgan fingerprint density at radius 1 is 1.25 bits per heavy atom. The molecule has 4 rings (SSSR count). The van der Waals surface area contributed by atoms with Crippen LogP contribution in [0.4, 0.5) is 5.82 Å². The molecule has 0 unspecified atom stereocenters. The first-order valence-electron chi connectivity index (χ1n) is 7.13. The quantitative estimate of drug-likeness (QED) is 0.420. The van der Waals surface area contributed by atoms with E-state index in [4.69, 9.17) is 0 Å². The molecule has 0 fully saturated rings. The Balaban J connectivity index is 1.95. The summed E-state index contributed by atoms with van der Waals surface area (Å²) in [7, 11) is 1.72. The molecular formula is C15H12N6O2S. The van der Waals surface area contributed by atoms with Gasteiger partial charge in [0.25, 0.3) is 0 Å². The molecule has 1 aromatic carbocycles. The number of hydrogen-bond acceptors (Lipinski definition) is 6. The average molecular weight is 340 g/mol. The van der Waals surface area contributed by atoms with Crippen LogP contribution in [0.25, 0.3) is 16.6 Å². The second-order valence-electron chi connectivity index (χ2n) is 5.36. The number of hydrogen-bond donors (Lipinski definition) is 0. The van der Waals surface area contributed by atoms with Gasteiger partial charge in [-0.15, -0.1) is 10.2 Å². The van der Waals surface area contributed by atoms with Gasteiger partial charge < -0.3 is 14.7 Å². The number of rotatable bonds is 3. The van der Waals surface area contributed by atoms with Crippen molar-refractivity contribution < 1.29 is 4.92 Å². The fraction of sp³-hybridized carbons (Fsp3) is 0.133. The van der Waals surface area contributed by atoms with Gasteiger partial charge in [0.05, 0.1) is 5.52 Å². The van der Waals surface area contributed by atoms with Crippen LogP contribution >= 0.6 is 11.8 Å². The van der Waals surface area contributed by atoms with Crippen LogP contribution in [0.2, 0.25) is 0 Å². The first-order chi connectivity index (χ1) is 11.6. The lowest BCUT2D eigenvalue weighted by atomic mass is 10.1. The largest absolute Gasteiger partial charge is 0.396 e. The van der Waals surface area contributed by atoms with Crippen LogP contribution in [-0.4, -0.2) is 29.1 Å². The zero-order valence-electron chi connectivity index (χ0n) is 12.9. The van der Waals surface area contributed by atoms with Crippen molar-refractivity contribution in [3.8, 4) is 0 Å². The van der Waals surface area contributed by atoms with E-state index in [1.54, 1.807) is 11.6 Å². The summed E-state index contributed by atoms with van der Waals surface area (Å²) < 4.78 is 3.52. The number of aryl methyl sites for hydroxylation is 2. The van der Waals surface area contributed by atoms with Crippen molar-refractivity contribution >= 4 is 34.1 Å². The van der Waals surface area contributed by atoms with Crippen LogP contribution in [0, 0.1) is 17.0 Å². The Bertz CT molecular complexity index is 1100. The lowest BCUT2D eigenvalue weighted by molar-refractivity contribution is -0.392. The third kappa shape index (κ3) is 2.13. The maximum absolute atomic E-state index is 11.2. The molecule has 0 N–H and O–H groups in total. The molecule has 9 heteroatoms. The van der Waals surface area contributed by atoms with E-state index in [1.807, 2.05) is 41.7 Å². The highest BCUT2D eigenvalue weighted by atomic mass is 32.2. The smallest absolute Gasteiger partial charge is 0.358 e. The number of pyridine rings is 1. The normalized spacial score (nSPS) is 11.4. The van der Waals surface area contributed by atoms with Gasteiger partial charge >= 0.3 is 5.82 Å². The molecule has 8 nitrogen and oxygen atoms in total.